The Bertz CT molecular complexity index is 926. The van der Waals surface area contributed by atoms with E-state index >= 15 is 0 Å². The molecule has 0 aliphatic rings. The quantitative estimate of drug-likeness (QED) is 0.642. The van der Waals surface area contributed by atoms with E-state index < -0.39 is 5.82 Å². The van der Waals surface area contributed by atoms with Crippen molar-refractivity contribution in [2.24, 2.45) is 0 Å². The standard InChI is InChI=1S/C19H14ClFN2O/c1-2-18(24)23(12-14-7-5-8-16(20)19(14)21)15-10-13-6-3-4-9-17(13)22-11-15/h2-11H,1,12H2. The van der Waals surface area contributed by atoms with Gasteiger partial charge in [0.1, 0.15) is 5.82 Å². The first-order valence-corrected chi connectivity index (χ1v) is 7.69. The average Bonchev–Trinajstić information content (AvgIpc) is 2.62. The number of aromatic nitrogens is 1. The number of halogens is 2. The molecule has 0 aliphatic carbocycles. The molecule has 0 spiro atoms. The van der Waals surface area contributed by atoms with E-state index in [1.807, 2.05) is 30.3 Å². The lowest BCUT2D eigenvalue weighted by molar-refractivity contribution is -0.114. The number of carbonyl (C=O) groups is 1. The second-order valence-electron chi connectivity index (χ2n) is 5.23. The SMILES string of the molecule is C=CC(=O)N(Cc1cccc(Cl)c1F)c1cnc2ccccc2c1. The summed E-state index contributed by atoms with van der Waals surface area (Å²) in [5, 5.41) is 0.915. The van der Waals surface area contributed by atoms with Crippen LogP contribution in [-0.2, 0) is 11.3 Å². The number of carbonyl (C=O) groups excluding carboxylic acids is 1. The van der Waals surface area contributed by atoms with Gasteiger partial charge in [-0.25, -0.2) is 4.39 Å². The van der Waals surface area contributed by atoms with Crippen molar-refractivity contribution in [3.63, 3.8) is 0 Å². The third-order valence-corrected chi connectivity index (χ3v) is 3.98. The molecular formula is C19H14ClFN2O. The van der Waals surface area contributed by atoms with Gasteiger partial charge >= 0.3 is 0 Å². The van der Waals surface area contributed by atoms with Gasteiger partial charge in [0.25, 0.3) is 5.91 Å². The number of para-hydroxylation sites is 1. The fourth-order valence-corrected chi connectivity index (χ4v) is 2.65. The number of benzene rings is 2. The molecule has 0 unspecified atom stereocenters. The highest BCUT2D eigenvalue weighted by Crippen LogP contribution is 2.24. The van der Waals surface area contributed by atoms with Gasteiger partial charge in [-0.3, -0.25) is 9.78 Å². The summed E-state index contributed by atoms with van der Waals surface area (Å²) >= 11 is 5.82. The molecule has 24 heavy (non-hydrogen) atoms. The van der Waals surface area contributed by atoms with Gasteiger partial charge in [0.2, 0.25) is 0 Å². The van der Waals surface area contributed by atoms with Crippen LogP contribution in [-0.4, -0.2) is 10.9 Å². The first-order valence-electron chi connectivity index (χ1n) is 7.32. The summed E-state index contributed by atoms with van der Waals surface area (Å²) in [6, 6.07) is 14.1. The van der Waals surface area contributed by atoms with Gasteiger partial charge in [-0.1, -0.05) is 48.5 Å². The molecule has 0 saturated carbocycles. The van der Waals surface area contributed by atoms with Crippen LogP contribution in [0.2, 0.25) is 5.02 Å². The fraction of sp³-hybridized carbons (Fsp3) is 0.0526. The Morgan fingerprint density at radius 2 is 2.04 bits per heavy atom. The normalized spacial score (nSPS) is 10.6. The number of hydrogen-bond donors (Lipinski definition) is 0. The van der Waals surface area contributed by atoms with Crippen LogP contribution in [0, 0.1) is 5.82 Å². The smallest absolute Gasteiger partial charge is 0.250 e. The molecular weight excluding hydrogens is 327 g/mol. The topological polar surface area (TPSA) is 33.2 Å². The number of anilines is 1. The molecule has 3 nitrogen and oxygen atoms in total. The van der Waals surface area contributed by atoms with Gasteiger partial charge in [-0.05, 0) is 24.3 Å². The summed E-state index contributed by atoms with van der Waals surface area (Å²) in [7, 11) is 0. The number of fused-ring (bicyclic) bond motifs is 1. The van der Waals surface area contributed by atoms with Crippen LogP contribution in [0.1, 0.15) is 5.56 Å². The van der Waals surface area contributed by atoms with E-state index in [4.69, 9.17) is 11.6 Å². The molecule has 3 rings (SSSR count). The summed E-state index contributed by atoms with van der Waals surface area (Å²) in [4.78, 5) is 18.0. The van der Waals surface area contributed by atoms with Crippen molar-refractivity contribution < 1.29 is 9.18 Å². The molecule has 0 aliphatic heterocycles. The molecule has 0 bridgehead atoms. The van der Waals surface area contributed by atoms with Crippen LogP contribution in [0.5, 0.6) is 0 Å². The monoisotopic (exact) mass is 340 g/mol. The Kier molecular flexibility index (Phi) is 4.58. The van der Waals surface area contributed by atoms with Crippen LogP contribution in [0.15, 0.2) is 67.4 Å². The van der Waals surface area contributed by atoms with Crippen molar-refractivity contribution in [3.05, 3.63) is 83.8 Å². The van der Waals surface area contributed by atoms with Crippen molar-refractivity contribution in [1.82, 2.24) is 4.98 Å². The van der Waals surface area contributed by atoms with Crippen LogP contribution in [0.25, 0.3) is 10.9 Å². The Labute approximate surface area is 144 Å². The molecule has 0 fully saturated rings. The zero-order valence-corrected chi connectivity index (χ0v) is 13.5. The molecule has 0 atom stereocenters. The lowest BCUT2D eigenvalue weighted by Crippen LogP contribution is -2.29. The predicted molar refractivity (Wildman–Crippen MR) is 94.5 cm³/mol. The molecule has 1 aromatic heterocycles. The lowest BCUT2D eigenvalue weighted by atomic mass is 10.1. The Hall–Kier alpha value is -2.72. The second-order valence-corrected chi connectivity index (χ2v) is 5.63. The molecule has 0 saturated heterocycles. The van der Waals surface area contributed by atoms with E-state index in [0.29, 0.717) is 11.3 Å². The summed E-state index contributed by atoms with van der Waals surface area (Å²) in [6.45, 7) is 3.56. The van der Waals surface area contributed by atoms with Gasteiger partial charge in [-0.15, -0.1) is 0 Å². The lowest BCUT2D eigenvalue weighted by Gasteiger charge is -2.22. The van der Waals surface area contributed by atoms with E-state index in [2.05, 4.69) is 11.6 Å². The average molecular weight is 341 g/mol. The van der Waals surface area contributed by atoms with Crippen molar-refractivity contribution in [2.45, 2.75) is 6.54 Å². The molecule has 2 aromatic carbocycles. The molecule has 1 heterocycles. The fourth-order valence-electron chi connectivity index (χ4n) is 2.45. The molecule has 3 aromatic rings. The summed E-state index contributed by atoms with van der Waals surface area (Å²) in [6.07, 6.45) is 2.78. The molecule has 1 amide bonds. The largest absolute Gasteiger partial charge is 0.303 e. The first kappa shape index (κ1) is 16.1. The number of amides is 1. The van der Waals surface area contributed by atoms with Gasteiger partial charge in [0.05, 0.1) is 29.0 Å². The Balaban J connectivity index is 2.03. The number of hydrogen-bond acceptors (Lipinski definition) is 2. The third kappa shape index (κ3) is 3.14. The third-order valence-electron chi connectivity index (χ3n) is 3.69. The van der Waals surface area contributed by atoms with Crippen LogP contribution in [0.3, 0.4) is 0 Å². The highest BCUT2D eigenvalue weighted by molar-refractivity contribution is 6.30. The van der Waals surface area contributed by atoms with E-state index in [-0.39, 0.29) is 17.5 Å². The second kappa shape index (κ2) is 6.81. The maximum Gasteiger partial charge on any atom is 0.250 e. The van der Waals surface area contributed by atoms with Gasteiger partial charge in [0, 0.05) is 10.9 Å². The van der Waals surface area contributed by atoms with E-state index in [1.165, 1.54) is 17.0 Å². The van der Waals surface area contributed by atoms with Crippen LogP contribution < -0.4 is 4.90 Å². The summed E-state index contributed by atoms with van der Waals surface area (Å²) < 4.78 is 14.2. The van der Waals surface area contributed by atoms with Crippen molar-refractivity contribution in [3.8, 4) is 0 Å². The van der Waals surface area contributed by atoms with Gasteiger partial charge in [-0.2, -0.15) is 0 Å². The highest BCUT2D eigenvalue weighted by Gasteiger charge is 2.17. The van der Waals surface area contributed by atoms with E-state index in [9.17, 15) is 9.18 Å². The minimum atomic E-state index is -0.533. The van der Waals surface area contributed by atoms with Crippen molar-refractivity contribution >= 4 is 34.1 Å². The van der Waals surface area contributed by atoms with E-state index in [0.717, 1.165) is 10.9 Å². The van der Waals surface area contributed by atoms with Crippen molar-refractivity contribution in [2.75, 3.05) is 4.90 Å². The zero-order chi connectivity index (χ0) is 17.1. The Morgan fingerprint density at radius 1 is 1.25 bits per heavy atom. The predicted octanol–water partition coefficient (Wildman–Crippen LogP) is 4.75. The molecule has 0 N–H and O–H groups in total. The number of pyridine rings is 1. The number of rotatable bonds is 4. The minimum absolute atomic E-state index is 0.0233. The molecule has 5 heteroatoms. The Morgan fingerprint density at radius 3 is 2.83 bits per heavy atom. The summed E-state index contributed by atoms with van der Waals surface area (Å²) in [5.74, 6) is -0.874. The highest BCUT2D eigenvalue weighted by atomic mass is 35.5. The zero-order valence-electron chi connectivity index (χ0n) is 12.7. The summed E-state index contributed by atoms with van der Waals surface area (Å²) in [5.41, 5.74) is 1.71. The van der Waals surface area contributed by atoms with Crippen LogP contribution in [0.4, 0.5) is 10.1 Å². The minimum Gasteiger partial charge on any atom is -0.303 e. The first-order chi connectivity index (χ1) is 11.6. The van der Waals surface area contributed by atoms with Crippen LogP contribution >= 0.6 is 11.6 Å². The van der Waals surface area contributed by atoms with Gasteiger partial charge < -0.3 is 4.90 Å². The number of nitrogens with zero attached hydrogens (tertiary/aromatic N) is 2. The molecule has 0 radical (unpaired) electrons. The maximum absolute atomic E-state index is 14.2. The van der Waals surface area contributed by atoms with Crippen molar-refractivity contribution in [1.29, 1.82) is 0 Å². The molecule has 120 valence electrons. The van der Waals surface area contributed by atoms with Gasteiger partial charge in [0.15, 0.2) is 0 Å². The van der Waals surface area contributed by atoms with E-state index in [1.54, 1.807) is 18.3 Å². The maximum atomic E-state index is 14.2.